The van der Waals surface area contributed by atoms with Crippen LogP contribution in [0.5, 0.6) is 0 Å². The zero-order valence-corrected chi connectivity index (χ0v) is 17.5. The minimum atomic E-state index is -0.0183. The van der Waals surface area contributed by atoms with Crippen LogP contribution in [-0.4, -0.2) is 43.7 Å². The number of anilines is 1. The first-order valence-electron chi connectivity index (χ1n) is 11.0. The van der Waals surface area contributed by atoms with Crippen molar-refractivity contribution in [2.45, 2.75) is 39.2 Å². The highest BCUT2D eigenvalue weighted by Gasteiger charge is 2.26. The molecule has 4 rings (SSSR count). The Labute approximate surface area is 174 Å². The van der Waals surface area contributed by atoms with Gasteiger partial charge in [0, 0.05) is 25.3 Å². The molecule has 0 radical (unpaired) electrons. The highest BCUT2D eigenvalue weighted by molar-refractivity contribution is 5.72. The van der Waals surface area contributed by atoms with Gasteiger partial charge in [-0.15, -0.1) is 0 Å². The summed E-state index contributed by atoms with van der Waals surface area (Å²) in [5, 5.41) is 0. The molecule has 0 bridgehead atoms. The fourth-order valence-corrected chi connectivity index (χ4v) is 4.74. The summed E-state index contributed by atoms with van der Waals surface area (Å²) in [6.45, 7) is 7.34. The van der Waals surface area contributed by atoms with Crippen molar-refractivity contribution in [1.82, 2.24) is 4.90 Å². The highest BCUT2D eigenvalue weighted by atomic mass is 16.5. The summed E-state index contributed by atoms with van der Waals surface area (Å²) in [7, 11) is 0. The molecule has 1 fully saturated rings. The lowest BCUT2D eigenvalue weighted by atomic mass is 9.98. The summed E-state index contributed by atoms with van der Waals surface area (Å²) >= 11 is 0. The average Bonchev–Trinajstić information content (AvgIpc) is 2.91. The zero-order valence-electron chi connectivity index (χ0n) is 17.5. The summed E-state index contributed by atoms with van der Waals surface area (Å²) in [5.74, 6) is 0.0322. The van der Waals surface area contributed by atoms with E-state index in [-0.39, 0.29) is 11.9 Å². The topological polar surface area (TPSA) is 32.8 Å². The molecule has 29 heavy (non-hydrogen) atoms. The maximum Gasteiger partial charge on any atom is 0.310 e. The molecule has 2 aliphatic heterocycles. The van der Waals surface area contributed by atoms with E-state index in [9.17, 15) is 4.79 Å². The van der Waals surface area contributed by atoms with Crippen LogP contribution in [0.25, 0.3) is 0 Å². The van der Waals surface area contributed by atoms with E-state index in [1.54, 1.807) is 0 Å². The SMILES string of the molecule is CCOC(=O)[C@@H]1CCCN(CCCN2Cc3ccccc3Cc3ccccc32)C1. The van der Waals surface area contributed by atoms with Crippen LogP contribution in [0.1, 0.15) is 42.9 Å². The van der Waals surface area contributed by atoms with Crippen molar-refractivity contribution in [3.8, 4) is 0 Å². The van der Waals surface area contributed by atoms with Gasteiger partial charge in [0.2, 0.25) is 0 Å². The molecule has 154 valence electrons. The fourth-order valence-electron chi connectivity index (χ4n) is 4.74. The van der Waals surface area contributed by atoms with Gasteiger partial charge < -0.3 is 14.5 Å². The first-order chi connectivity index (χ1) is 14.2. The van der Waals surface area contributed by atoms with Crippen molar-refractivity contribution in [2.24, 2.45) is 5.92 Å². The van der Waals surface area contributed by atoms with E-state index in [1.807, 2.05) is 6.92 Å². The standard InChI is InChI=1S/C25H32N2O2/c1-2-29-25(28)23-12-7-14-26(18-23)15-8-16-27-19-22-11-4-3-9-20(22)17-21-10-5-6-13-24(21)27/h3-6,9-11,13,23H,2,7-8,12,14-19H2,1H3/t23-/m1/s1. The van der Waals surface area contributed by atoms with E-state index in [0.29, 0.717) is 6.61 Å². The number of rotatable bonds is 6. The van der Waals surface area contributed by atoms with Gasteiger partial charge in [-0.1, -0.05) is 42.5 Å². The predicted molar refractivity (Wildman–Crippen MR) is 117 cm³/mol. The molecule has 0 aromatic heterocycles. The molecular formula is C25H32N2O2. The number of piperidine rings is 1. The van der Waals surface area contributed by atoms with E-state index in [0.717, 1.165) is 58.4 Å². The van der Waals surface area contributed by atoms with Crippen LogP contribution >= 0.6 is 0 Å². The van der Waals surface area contributed by atoms with Crippen molar-refractivity contribution in [1.29, 1.82) is 0 Å². The second-order valence-corrected chi connectivity index (χ2v) is 8.24. The largest absolute Gasteiger partial charge is 0.466 e. The molecule has 0 N–H and O–H groups in total. The van der Waals surface area contributed by atoms with Crippen LogP contribution in [0.2, 0.25) is 0 Å². The predicted octanol–water partition coefficient (Wildman–Crippen LogP) is 4.26. The molecule has 2 aromatic rings. The Morgan fingerprint density at radius 3 is 2.62 bits per heavy atom. The van der Waals surface area contributed by atoms with E-state index in [1.165, 1.54) is 22.4 Å². The minimum absolute atomic E-state index is 0.0183. The number of esters is 1. The number of carbonyl (C=O) groups is 1. The van der Waals surface area contributed by atoms with Crippen molar-refractivity contribution < 1.29 is 9.53 Å². The third-order valence-electron chi connectivity index (χ3n) is 6.22. The third kappa shape index (κ3) is 4.81. The Morgan fingerprint density at radius 2 is 1.79 bits per heavy atom. The molecule has 1 saturated heterocycles. The summed E-state index contributed by atoms with van der Waals surface area (Å²) in [4.78, 5) is 17.1. The van der Waals surface area contributed by atoms with Crippen LogP contribution in [0.4, 0.5) is 5.69 Å². The van der Waals surface area contributed by atoms with Gasteiger partial charge in [0.15, 0.2) is 0 Å². The molecule has 2 heterocycles. The minimum Gasteiger partial charge on any atom is -0.466 e. The molecule has 0 amide bonds. The molecule has 0 saturated carbocycles. The summed E-state index contributed by atoms with van der Waals surface area (Å²) in [6.07, 6.45) is 4.16. The van der Waals surface area contributed by atoms with Crippen molar-refractivity contribution in [2.75, 3.05) is 37.7 Å². The summed E-state index contributed by atoms with van der Waals surface area (Å²) in [5.41, 5.74) is 5.66. The number of hydrogen-bond donors (Lipinski definition) is 0. The second-order valence-electron chi connectivity index (χ2n) is 8.24. The van der Waals surface area contributed by atoms with Gasteiger partial charge in [0.05, 0.1) is 12.5 Å². The molecular weight excluding hydrogens is 360 g/mol. The number of fused-ring (bicyclic) bond motifs is 2. The molecule has 0 spiro atoms. The Balaban J connectivity index is 1.38. The molecule has 2 aromatic carbocycles. The quantitative estimate of drug-likeness (QED) is 0.688. The monoisotopic (exact) mass is 392 g/mol. The second kappa shape index (κ2) is 9.45. The van der Waals surface area contributed by atoms with Gasteiger partial charge >= 0.3 is 5.97 Å². The van der Waals surface area contributed by atoms with Gasteiger partial charge in [0.25, 0.3) is 0 Å². The average molecular weight is 393 g/mol. The maximum atomic E-state index is 12.1. The van der Waals surface area contributed by atoms with Gasteiger partial charge in [0.1, 0.15) is 0 Å². The highest BCUT2D eigenvalue weighted by Crippen LogP contribution is 2.30. The maximum absolute atomic E-state index is 12.1. The molecule has 1 atom stereocenters. The Bertz CT molecular complexity index is 835. The molecule has 0 aliphatic carbocycles. The van der Waals surface area contributed by atoms with Gasteiger partial charge in [-0.05, 0) is 68.5 Å². The summed E-state index contributed by atoms with van der Waals surface area (Å²) < 4.78 is 5.24. The van der Waals surface area contributed by atoms with Crippen LogP contribution in [-0.2, 0) is 22.5 Å². The van der Waals surface area contributed by atoms with Crippen LogP contribution in [0, 0.1) is 5.92 Å². The lowest BCUT2D eigenvalue weighted by molar-refractivity contribution is -0.149. The van der Waals surface area contributed by atoms with E-state index in [2.05, 4.69) is 58.3 Å². The van der Waals surface area contributed by atoms with E-state index >= 15 is 0 Å². The Kier molecular flexibility index (Phi) is 6.50. The van der Waals surface area contributed by atoms with Gasteiger partial charge in [-0.25, -0.2) is 0 Å². The van der Waals surface area contributed by atoms with Crippen LogP contribution < -0.4 is 4.90 Å². The lowest BCUT2D eigenvalue weighted by Gasteiger charge is -2.32. The van der Waals surface area contributed by atoms with Gasteiger partial charge in [-0.3, -0.25) is 4.79 Å². The number of ether oxygens (including phenoxy) is 1. The number of hydrogen-bond acceptors (Lipinski definition) is 4. The molecule has 0 unspecified atom stereocenters. The van der Waals surface area contributed by atoms with Crippen molar-refractivity contribution >= 4 is 11.7 Å². The molecule has 4 nitrogen and oxygen atoms in total. The number of carbonyl (C=O) groups excluding carboxylic acids is 1. The smallest absolute Gasteiger partial charge is 0.310 e. The van der Waals surface area contributed by atoms with Crippen molar-refractivity contribution in [3.05, 3.63) is 65.2 Å². The number of nitrogens with zero attached hydrogens (tertiary/aromatic N) is 2. The van der Waals surface area contributed by atoms with E-state index in [4.69, 9.17) is 4.74 Å². The summed E-state index contributed by atoms with van der Waals surface area (Å²) in [6, 6.07) is 17.6. The fraction of sp³-hybridized carbons (Fsp3) is 0.480. The zero-order chi connectivity index (χ0) is 20.1. The Morgan fingerprint density at radius 1 is 1.03 bits per heavy atom. The first-order valence-corrected chi connectivity index (χ1v) is 11.0. The van der Waals surface area contributed by atoms with Crippen molar-refractivity contribution in [3.63, 3.8) is 0 Å². The lowest BCUT2D eigenvalue weighted by Crippen LogP contribution is -2.40. The van der Waals surface area contributed by atoms with Crippen LogP contribution in [0.15, 0.2) is 48.5 Å². The normalized spacial score (nSPS) is 19.2. The molecule has 4 heteroatoms. The van der Waals surface area contributed by atoms with E-state index < -0.39 is 0 Å². The van der Waals surface area contributed by atoms with Gasteiger partial charge in [-0.2, -0.15) is 0 Å². The number of likely N-dealkylation sites (tertiary alicyclic amines) is 1. The molecule has 2 aliphatic rings. The Hall–Kier alpha value is -2.33. The van der Waals surface area contributed by atoms with Crippen LogP contribution in [0.3, 0.4) is 0 Å². The third-order valence-corrected chi connectivity index (χ3v) is 6.22. The number of para-hydroxylation sites is 1. The number of benzene rings is 2. The first kappa shape index (κ1) is 20.0.